The number of hydrogen-bond donors (Lipinski definition) is 1. The molecule has 188 valence electrons. The molecule has 0 spiro atoms. The Morgan fingerprint density at radius 1 is 0.972 bits per heavy atom. The summed E-state index contributed by atoms with van der Waals surface area (Å²) < 4.78 is 2.18. The van der Waals surface area contributed by atoms with E-state index >= 15 is 0 Å². The smallest absolute Gasteiger partial charge is 0.228 e. The summed E-state index contributed by atoms with van der Waals surface area (Å²) in [6.45, 7) is 13.7. The summed E-state index contributed by atoms with van der Waals surface area (Å²) in [5.74, 6) is 2.02. The van der Waals surface area contributed by atoms with Crippen LogP contribution in [0.5, 0.6) is 0 Å². The third kappa shape index (κ3) is 5.18. The molecule has 0 aromatic carbocycles. The van der Waals surface area contributed by atoms with Crippen molar-refractivity contribution in [2.75, 3.05) is 38.5 Å². The van der Waals surface area contributed by atoms with E-state index in [9.17, 15) is 0 Å². The Morgan fingerprint density at radius 2 is 1.75 bits per heavy atom. The van der Waals surface area contributed by atoms with Crippen LogP contribution in [0.4, 0.5) is 11.8 Å². The van der Waals surface area contributed by atoms with Crippen LogP contribution >= 0.6 is 11.6 Å². The van der Waals surface area contributed by atoms with Crippen LogP contribution in [-0.4, -0.2) is 72.5 Å². The minimum atomic E-state index is -0.135. The van der Waals surface area contributed by atoms with E-state index in [4.69, 9.17) is 11.6 Å². The van der Waals surface area contributed by atoms with Gasteiger partial charge in [0.2, 0.25) is 5.95 Å². The number of imidazole rings is 1. The quantitative estimate of drug-likeness (QED) is 0.424. The van der Waals surface area contributed by atoms with Gasteiger partial charge in [-0.05, 0) is 52.4 Å². The molecule has 10 heteroatoms. The summed E-state index contributed by atoms with van der Waals surface area (Å²) in [6.07, 6.45) is 5.26. The molecule has 1 saturated heterocycles. The summed E-state index contributed by atoms with van der Waals surface area (Å²) in [4.78, 5) is 27.6. The maximum Gasteiger partial charge on any atom is 0.228 e. The van der Waals surface area contributed by atoms with Crippen molar-refractivity contribution in [3.63, 3.8) is 0 Å². The number of rotatable bonds is 5. The van der Waals surface area contributed by atoms with Gasteiger partial charge in [-0.3, -0.25) is 4.90 Å². The first-order chi connectivity index (χ1) is 17.2. The summed E-state index contributed by atoms with van der Waals surface area (Å²) in [6, 6.07) is 6.09. The molecule has 0 unspecified atom stereocenters. The Kier molecular flexibility index (Phi) is 6.63. The molecule has 0 bridgehead atoms. The zero-order chi connectivity index (χ0) is 25.4. The van der Waals surface area contributed by atoms with E-state index in [-0.39, 0.29) is 5.54 Å². The van der Waals surface area contributed by atoms with E-state index in [1.165, 1.54) is 5.56 Å². The number of anilines is 2. The first-order valence-electron chi connectivity index (χ1n) is 12.2. The Bertz CT molecular complexity index is 1370. The second-order valence-corrected chi connectivity index (χ2v) is 10.8. The van der Waals surface area contributed by atoms with E-state index in [0.29, 0.717) is 28.1 Å². The largest absolute Gasteiger partial charge is 0.321 e. The third-order valence-electron chi connectivity index (χ3n) is 6.43. The number of likely N-dealkylation sites (N-methyl/N-ethyl adjacent to an activating group) is 1. The molecule has 1 fully saturated rings. The molecule has 1 aliphatic heterocycles. The van der Waals surface area contributed by atoms with Crippen LogP contribution in [0.2, 0.25) is 5.02 Å². The van der Waals surface area contributed by atoms with Gasteiger partial charge in [0, 0.05) is 56.2 Å². The SMILES string of the molecule is Cc1nc2ncc(-c3nc(Nc4ccc(CN5CCN(C)CC5)cn4)ncc3Cl)cc2n1C(C)(C)C. The molecule has 0 amide bonds. The summed E-state index contributed by atoms with van der Waals surface area (Å²) >= 11 is 6.52. The van der Waals surface area contributed by atoms with Crippen molar-refractivity contribution in [3.8, 4) is 11.3 Å². The highest BCUT2D eigenvalue weighted by Crippen LogP contribution is 2.31. The van der Waals surface area contributed by atoms with Crippen LogP contribution in [0.15, 0.2) is 36.8 Å². The number of aryl methyl sites for hydroxylation is 1. The molecule has 5 rings (SSSR count). The number of piperazine rings is 1. The lowest BCUT2D eigenvalue weighted by atomic mass is 10.1. The predicted octanol–water partition coefficient (Wildman–Crippen LogP) is 4.49. The zero-order valence-electron chi connectivity index (χ0n) is 21.5. The number of pyridine rings is 2. The van der Waals surface area contributed by atoms with Crippen LogP contribution in [-0.2, 0) is 12.1 Å². The van der Waals surface area contributed by atoms with Crippen LogP contribution in [0, 0.1) is 6.92 Å². The second kappa shape index (κ2) is 9.72. The molecular formula is C26H32ClN9. The van der Waals surface area contributed by atoms with Crippen LogP contribution in [0.25, 0.3) is 22.4 Å². The zero-order valence-corrected chi connectivity index (χ0v) is 22.2. The molecule has 4 aromatic heterocycles. The van der Waals surface area contributed by atoms with Gasteiger partial charge in [0.15, 0.2) is 5.65 Å². The molecule has 0 radical (unpaired) electrons. The molecular weight excluding hydrogens is 474 g/mol. The Hall–Kier alpha value is -3.14. The van der Waals surface area contributed by atoms with E-state index in [1.54, 1.807) is 12.4 Å². The summed E-state index contributed by atoms with van der Waals surface area (Å²) in [5, 5.41) is 3.66. The third-order valence-corrected chi connectivity index (χ3v) is 6.71. The van der Waals surface area contributed by atoms with Crippen molar-refractivity contribution < 1.29 is 0 Å². The first-order valence-corrected chi connectivity index (χ1v) is 12.6. The maximum absolute atomic E-state index is 6.52. The monoisotopic (exact) mass is 505 g/mol. The highest BCUT2D eigenvalue weighted by Gasteiger charge is 2.21. The topological polar surface area (TPSA) is 87.9 Å². The van der Waals surface area contributed by atoms with Gasteiger partial charge in [0.05, 0.1) is 22.4 Å². The maximum atomic E-state index is 6.52. The standard InChI is InChI=1S/C26H32ClN9/c1-17-31-24-21(36(17)26(2,3)4)12-19(14-29-24)23-20(27)15-30-25(33-23)32-22-7-6-18(13-28-22)16-35-10-8-34(5)9-11-35/h6-7,12-15H,8-11,16H2,1-5H3,(H,28,30,32,33). The van der Waals surface area contributed by atoms with Gasteiger partial charge in [-0.15, -0.1) is 0 Å². The number of nitrogens with one attached hydrogen (secondary N) is 1. The van der Waals surface area contributed by atoms with Crippen molar-refractivity contribution >= 4 is 34.5 Å². The van der Waals surface area contributed by atoms with Crippen molar-refractivity contribution in [1.29, 1.82) is 0 Å². The number of nitrogens with zero attached hydrogens (tertiary/aromatic N) is 8. The first kappa shape index (κ1) is 24.5. The Labute approximate surface area is 216 Å². The fourth-order valence-corrected chi connectivity index (χ4v) is 4.85. The fraction of sp³-hybridized carbons (Fsp3) is 0.423. The summed E-state index contributed by atoms with van der Waals surface area (Å²) in [7, 11) is 2.17. The molecule has 1 aliphatic rings. The summed E-state index contributed by atoms with van der Waals surface area (Å²) in [5.41, 5.74) is 4.11. The van der Waals surface area contributed by atoms with Crippen molar-refractivity contribution in [1.82, 2.24) is 39.3 Å². The van der Waals surface area contributed by atoms with Crippen LogP contribution < -0.4 is 5.32 Å². The van der Waals surface area contributed by atoms with Gasteiger partial charge in [-0.25, -0.2) is 24.9 Å². The van der Waals surface area contributed by atoms with Crippen molar-refractivity contribution in [2.45, 2.75) is 39.8 Å². The molecule has 0 atom stereocenters. The molecule has 4 aromatic rings. The minimum absolute atomic E-state index is 0.135. The van der Waals surface area contributed by atoms with Crippen molar-refractivity contribution in [2.24, 2.45) is 0 Å². The van der Waals surface area contributed by atoms with Gasteiger partial charge < -0.3 is 14.8 Å². The average molecular weight is 506 g/mol. The van der Waals surface area contributed by atoms with E-state index in [0.717, 1.165) is 49.6 Å². The molecule has 0 saturated carbocycles. The van der Waals surface area contributed by atoms with Crippen molar-refractivity contribution in [3.05, 3.63) is 53.2 Å². The lowest BCUT2D eigenvalue weighted by Crippen LogP contribution is -2.43. The van der Waals surface area contributed by atoms with E-state index in [2.05, 4.69) is 78.5 Å². The van der Waals surface area contributed by atoms with Gasteiger partial charge >= 0.3 is 0 Å². The lowest BCUT2D eigenvalue weighted by Gasteiger charge is -2.32. The van der Waals surface area contributed by atoms with Gasteiger partial charge in [-0.2, -0.15) is 0 Å². The average Bonchev–Trinajstić information content (AvgIpc) is 3.18. The Balaban J connectivity index is 1.36. The van der Waals surface area contributed by atoms with Gasteiger partial charge in [0.25, 0.3) is 0 Å². The molecule has 5 heterocycles. The molecule has 9 nitrogen and oxygen atoms in total. The normalized spacial score (nSPS) is 15.5. The van der Waals surface area contributed by atoms with Gasteiger partial charge in [-0.1, -0.05) is 17.7 Å². The highest BCUT2D eigenvalue weighted by atomic mass is 35.5. The van der Waals surface area contributed by atoms with Crippen LogP contribution in [0.1, 0.15) is 32.2 Å². The van der Waals surface area contributed by atoms with E-state index < -0.39 is 0 Å². The number of fused-ring (bicyclic) bond motifs is 1. The number of halogens is 1. The predicted molar refractivity (Wildman–Crippen MR) is 144 cm³/mol. The Morgan fingerprint density at radius 3 is 2.44 bits per heavy atom. The molecule has 0 aliphatic carbocycles. The number of hydrogen-bond acceptors (Lipinski definition) is 8. The lowest BCUT2D eigenvalue weighted by molar-refractivity contribution is 0.148. The van der Waals surface area contributed by atoms with Crippen LogP contribution in [0.3, 0.4) is 0 Å². The van der Waals surface area contributed by atoms with Gasteiger partial charge in [0.1, 0.15) is 11.6 Å². The van der Waals surface area contributed by atoms with E-state index in [1.807, 2.05) is 25.3 Å². The fourth-order valence-electron chi connectivity index (χ4n) is 4.65. The minimum Gasteiger partial charge on any atom is -0.321 e. The molecule has 1 N–H and O–H groups in total. The highest BCUT2D eigenvalue weighted by molar-refractivity contribution is 6.33. The second-order valence-electron chi connectivity index (χ2n) is 10.4. The number of aromatic nitrogens is 6. The molecule has 36 heavy (non-hydrogen) atoms.